The number of aliphatic hydroxyl groups is 1. The van der Waals surface area contributed by atoms with Crippen LogP contribution in [0.15, 0.2) is 0 Å². The SMILES string of the molecule is CC1CC(O)CCN1C1CCCC1. The molecule has 1 saturated heterocycles. The zero-order chi connectivity index (χ0) is 9.26. The Morgan fingerprint density at radius 3 is 2.46 bits per heavy atom. The number of hydrogen-bond acceptors (Lipinski definition) is 2. The molecule has 13 heavy (non-hydrogen) atoms. The van der Waals surface area contributed by atoms with E-state index in [1.807, 2.05) is 0 Å². The van der Waals surface area contributed by atoms with Crippen molar-refractivity contribution < 1.29 is 5.11 Å². The molecule has 1 saturated carbocycles. The Labute approximate surface area is 80.9 Å². The summed E-state index contributed by atoms with van der Waals surface area (Å²) < 4.78 is 0. The van der Waals surface area contributed by atoms with Crippen molar-refractivity contribution in [3.8, 4) is 0 Å². The van der Waals surface area contributed by atoms with Gasteiger partial charge in [0.25, 0.3) is 0 Å². The molecule has 1 aliphatic heterocycles. The highest BCUT2D eigenvalue weighted by molar-refractivity contribution is 4.86. The monoisotopic (exact) mass is 183 g/mol. The molecule has 0 bridgehead atoms. The highest BCUT2D eigenvalue weighted by Gasteiger charge is 2.30. The topological polar surface area (TPSA) is 23.5 Å². The summed E-state index contributed by atoms with van der Waals surface area (Å²) in [7, 11) is 0. The lowest BCUT2D eigenvalue weighted by Gasteiger charge is -2.39. The van der Waals surface area contributed by atoms with Gasteiger partial charge in [0.2, 0.25) is 0 Å². The van der Waals surface area contributed by atoms with E-state index >= 15 is 0 Å². The predicted molar refractivity (Wildman–Crippen MR) is 53.7 cm³/mol. The Hall–Kier alpha value is -0.0800. The van der Waals surface area contributed by atoms with Gasteiger partial charge in [-0.05, 0) is 32.6 Å². The van der Waals surface area contributed by atoms with Crippen LogP contribution in [0.5, 0.6) is 0 Å². The van der Waals surface area contributed by atoms with Gasteiger partial charge in [-0.15, -0.1) is 0 Å². The average molecular weight is 183 g/mol. The van der Waals surface area contributed by atoms with Crippen LogP contribution >= 0.6 is 0 Å². The molecule has 0 spiro atoms. The van der Waals surface area contributed by atoms with Crippen LogP contribution in [0.4, 0.5) is 0 Å². The van der Waals surface area contributed by atoms with E-state index in [1.165, 1.54) is 25.7 Å². The summed E-state index contributed by atoms with van der Waals surface area (Å²) in [5.41, 5.74) is 0. The van der Waals surface area contributed by atoms with Crippen molar-refractivity contribution in [2.75, 3.05) is 6.54 Å². The van der Waals surface area contributed by atoms with Crippen molar-refractivity contribution in [3.05, 3.63) is 0 Å². The van der Waals surface area contributed by atoms with Crippen LogP contribution in [0.1, 0.15) is 45.4 Å². The lowest BCUT2D eigenvalue weighted by molar-refractivity contribution is 0.0255. The quantitative estimate of drug-likeness (QED) is 0.670. The molecule has 0 radical (unpaired) electrons. The molecule has 1 N–H and O–H groups in total. The molecule has 2 fully saturated rings. The van der Waals surface area contributed by atoms with Crippen LogP contribution < -0.4 is 0 Å². The van der Waals surface area contributed by atoms with E-state index in [9.17, 15) is 5.11 Å². The average Bonchev–Trinajstić information content (AvgIpc) is 2.56. The summed E-state index contributed by atoms with van der Waals surface area (Å²) in [6, 6.07) is 1.44. The molecule has 2 rings (SSSR count). The van der Waals surface area contributed by atoms with Crippen LogP contribution in [-0.4, -0.2) is 34.7 Å². The third kappa shape index (κ3) is 2.05. The van der Waals surface area contributed by atoms with Gasteiger partial charge in [-0.3, -0.25) is 4.90 Å². The first-order valence-electron chi connectivity index (χ1n) is 5.71. The van der Waals surface area contributed by atoms with Gasteiger partial charge in [0.1, 0.15) is 0 Å². The Morgan fingerprint density at radius 1 is 1.15 bits per heavy atom. The number of likely N-dealkylation sites (tertiary alicyclic amines) is 1. The minimum absolute atomic E-state index is 0.0346. The molecule has 76 valence electrons. The van der Waals surface area contributed by atoms with Crippen LogP contribution in [0.2, 0.25) is 0 Å². The van der Waals surface area contributed by atoms with Crippen molar-refractivity contribution in [2.24, 2.45) is 0 Å². The Morgan fingerprint density at radius 2 is 1.85 bits per heavy atom. The minimum Gasteiger partial charge on any atom is -0.393 e. The first-order chi connectivity index (χ1) is 6.27. The van der Waals surface area contributed by atoms with E-state index < -0.39 is 0 Å². The molecule has 2 atom stereocenters. The maximum Gasteiger partial charge on any atom is 0.0567 e. The molecule has 2 unspecified atom stereocenters. The van der Waals surface area contributed by atoms with E-state index in [0.29, 0.717) is 6.04 Å². The first-order valence-corrected chi connectivity index (χ1v) is 5.71. The molecular weight excluding hydrogens is 162 g/mol. The third-order valence-electron chi connectivity index (χ3n) is 3.69. The van der Waals surface area contributed by atoms with Crippen molar-refractivity contribution in [1.82, 2.24) is 4.90 Å². The molecular formula is C11H21NO. The summed E-state index contributed by atoms with van der Waals surface area (Å²) in [5, 5.41) is 9.51. The van der Waals surface area contributed by atoms with Gasteiger partial charge in [0, 0.05) is 18.6 Å². The third-order valence-corrected chi connectivity index (χ3v) is 3.69. The number of nitrogens with zero attached hydrogens (tertiary/aromatic N) is 1. The second-order valence-corrected chi connectivity index (χ2v) is 4.70. The zero-order valence-corrected chi connectivity index (χ0v) is 8.58. The van der Waals surface area contributed by atoms with Crippen molar-refractivity contribution >= 4 is 0 Å². The minimum atomic E-state index is -0.0346. The van der Waals surface area contributed by atoms with Gasteiger partial charge in [-0.1, -0.05) is 12.8 Å². The molecule has 0 aromatic heterocycles. The molecule has 1 aliphatic carbocycles. The second kappa shape index (κ2) is 3.97. The van der Waals surface area contributed by atoms with Gasteiger partial charge in [0.15, 0.2) is 0 Å². The van der Waals surface area contributed by atoms with Crippen LogP contribution in [0.3, 0.4) is 0 Å². The fourth-order valence-corrected chi connectivity index (χ4v) is 2.94. The van der Waals surface area contributed by atoms with Crippen molar-refractivity contribution in [2.45, 2.75) is 63.6 Å². The molecule has 0 aromatic carbocycles. The van der Waals surface area contributed by atoms with Crippen molar-refractivity contribution in [1.29, 1.82) is 0 Å². The smallest absolute Gasteiger partial charge is 0.0567 e. The summed E-state index contributed by atoms with van der Waals surface area (Å²) in [5.74, 6) is 0. The van der Waals surface area contributed by atoms with Gasteiger partial charge in [0.05, 0.1) is 6.10 Å². The maximum atomic E-state index is 9.51. The number of hydrogen-bond donors (Lipinski definition) is 1. The number of aliphatic hydroxyl groups excluding tert-OH is 1. The molecule has 2 nitrogen and oxygen atoms in total. The summed E-state index contributed by atoms with van der Waals surface area (Å²) in [4.78, 5) is 2.62. The Balaban J connectivity index is 1.91. The zero-order valence-electron chi connectivity index (χ0n) is 8.58. The number of piperidine rings is 1. The van der Waals surface area contributed by atoms with Crippen LogP contribution in [-0.2, 0) is 0 Å². The van der Waals surface area contributed by atoms with Gasteiger partial charge >= 0.3 is 0 Å². The van der Waals surface area contributed by atoms with E-state index in [1.54, 1.807) is 0 Å². The summed E-state index contributed by atoms with van der Waals surface area (Å²) in [6.07, 6.45) is 7.54. The maximum absolute atomic E-state index is 9.51. The Bertz CT molecular complexity index is 165. The lowest BCUT2D eigenvalue weighted by Crippen LogP contribution is -2.47. The van der Waals surface area contributed by atoms with Gasteiger partial charge in [-0.2, -0.15) is 0 Å². The van der Waals surface area contributed by atoms with E-state index in [2.05, 4.69) is 11.8 Å². The fourth-order valence-electron chi connectivity index (χ4n) is 2.94. The van der Waals surface area contributed by atoms with E-state index in [4.69, 9.17) is 0 Å². The molecule has 2 aliphatic rings. The highest BCUT2D eigenvalue weighted by Crippen LogP contribution is 2.29. The second-order valence-electron chi connectivity index (χ2n) is 4.70. The highest BCUT2D eigenvalue weighted by atomic mass is 16.3. The first kappa shape index (κ1) is 9.47. The Kier molecular flexibility index (Phi) is 2.89. The van der Waals surface area contributed by atoms with Crippen LogP contribution in [0, 0.1) is 0 Å². The van der Waals surface area contributed by atoms with Crippen LogP contribution in [0.25, 0.3) is 0 Å². The molecule has 1 heterocycles. The summed E-state index contributed by atoms with van der Waals surface area (Å²) >= 11 is 0. The molecule has 0 amide bonds. The normalized spacial score (nSPS) is 38.3. The standard InChI is InChI=1S/C11H21NO/c1-9-8-11(13)6-7-12(9)10-4-2-3-5-10/h9-11,13H,2-8H2,1H3. The van der Waals surface area contributed by atoms with E-state index in [-0.39, 0.29) is 6.10 Å². The molecule has 0 aromatic rings. The predicted octanol–water partition coefficient (Wildman–Crippen LogP) is 1.77. The van der Waals surface area contributed by atoms with Gasteiger partial charge in [-0.25, -0.2) is 0 Å². The number of rotatable bonds is 1. The fraction of sp³-hybridized carbons (Fsp3) is 1.00. The van der Waals surface area contributed by atoms with Gasteiger partial charge < -0.3 is 5.11 Å². The molecule has 2 heteroatoms. The largest absolute Gasteiger partial charge is 0.393 e. The summed E-state index contributed by atoms with van der Waals surface area (Å²) in [6.45, 7) is 3.38. The van der Waals surface area contributed by atoms with Crippen molar-refractivity contribution in [3.63, 3.8) is 0 Å². The van der Waals surface area contributed by atoms with E-state index in [0.717, 1.165) is 25.4 Å². The lowest BCUT2D eigenvalue weighted by atomic mass is 9.98.